The van der Waals surface area contributed by atoms with Crippen molar-refractivity contribution in [3.8, 4) is 0 Å². The van der Waals surface area contributed by atoms with Crippen LogP contribution in [-0.4, -0.2) is 24.4 Å². The van der Waals surface area contributed by atoms with Crippen molar-refractivity contribution in [3.05, 3.63) is 23.7 Å². The highest BCUT2D eigenvalue weighted by Crippen LogP contribution is 2.29. The number of carbonyl (C=O) groups excluding carboxylic acids is 1. The van der Waals surface area contributed by atoms with Crippen molar-refractivity contribution in [2.75, 3.05) is 13.6 Å². The Morgan fingerprint density at radius 3 is 2.87 bits per heavy atom. The van der Waals surface area contributed by atoms with Gasteiger partial charge in [0, 0.05) is 13.6 Å². The number of hydrogen-bond acceptors (Lipinski definition) is 3. The second-order valence-corrected chi connectivity index (χ2v) is 4.10. The Morgan fingerprint density at radius 1 is 1.60 bits per heavy atom. The first-order valence-electron chi connectivity index (χ1n) is 5.25. The molecular weight excluding hydrogens is 192 g/mol. The topological polar surface area (TPSA) is 59.5 Å². The minimum Gasteiger partial charge on any atom is -0.455 e. The van der Waals surface area contributed by atoms with Gasteiger partial charge in [-0.3, -0.25) is 4.79 Å². The van der Waals surface area contributed by atoms with E-state index in [4.69, 9.17) is 10.2 Å². The van der Waals surface area contributed by atoms with Crippen LogP contribution >= 0.6 is 0 Å². The summed E-state index contributed by atoms with van der Waals surface area (Å²) < 4.78 is 5.30. The molecule has 2 N–H and O–H groups in total. The van der Waals surface area contributed by atoms with Gasteiger partial charge in [0.1, 0.15) is 5.76 Å². The van der Waals surface area contributed by atoms with Crippen LogP contribution < -0.4 is 5.73 Å². The quantitative estimate of drug-likeness (QED) is 0.809. The van der Waals surface area contributed by atoms with Gasteiger partial charge in [-0.2, -0.15) is 0 Å². The maximum atomic E-state index is 11.8. The van der Waals surface area contributed by atoms with E-state index in [-0.39, 0.29) is 5.91 Å². The van der Waals surface area contributed by atoms with Crippen molar-refractivity contribution in [3.63, 3.8) is 0 Å². The van der Waals surface area contributed by atoms with Crippen molar-refractivity contribution in [1.29, 1.82) is 0 Å². The van der Waals surface area contributed by atoms with Gasteiger partial charge >= 0.3 is 0 Å². The second kappa shape index (κ2) is 4.06. The summed E-state index contributed by atoms with van der Waals surface area (Å²) in [5, 5.41) is 0. The maximum absolute atomic E-state index is 11.8. The molecule has 4 heteroatoms. The van der Waals surface area contributed by atoms with E-state index >= 15 is 0 Å². The lowest BCUT2D eigenvalue weighted by atomic mass is 10.3. The van der Waals surface area contributed by atoms with Crippen molar-refractivity contribution in [2.24, 2.45) is 11.7 Å². The van der Waals surface area contributed by atoms with Gasteiger partial charge in [0.2, 0.25) is 0 Å². The van der Waals surface area contributed by atoms with Gasteiger partial charge in [-0.15, -0.1) is 0 Å². The summed E-state index contributed by atoms with van der Waals surface area (Å²) in [5.74, 6) is 1.68. The van der Waals surface area contributed by atoms with Crippen molar-refractivity contribution in [2.45, 2.75) is 19.4 Å². The van der Waals surface area contributed by atoms with E-state index in [1.807, 2.05) is 7.05 Å². The molecule has 1 aromatic heterocycles. The van der Waals surface area contributed by atoms with Crippen LogP contribution in [0.15, 0.2) is 16.5 Å². The molecule has 1 heterocycles. The van der Waals surface area contributed by atoms with Gasteiger partial charge in [0.15, 0.2) is 5.76 Å². The number of rotatable bonds is 4. The van der Waals surface area contributed by atoms with Crippen LogP contribution in [0.5, 0.6) is 0 Å². The molecule has 1 fully saturated rings. The fourth-order valence-corrected chi connectivity index (χ4v) is 1.56. The average molecular weight is 208 g/mol. The largest absolute Gasteiger partial charge is 0.455 e. The number of furan rings is 1. The zero-order chi connectivity index (χ0) is 10.8. The second-order valence-electron chi connectivity index (χ2n) is 4.10. The first kappa shape index (κ1) is 10.2. The monoisotopic (exact) mass is 208 g/mol. The van der Waals surface area contributed by atoms with E-state index in [0.29, 0.717) is 24.0 Å². The van der Waals surface area contributed by atoms with E-state index in [0.717, 1.165) is 6.54 Å². The Bertz CT molecular complexity index is 355. The van der Waals surface area contributed by atoms with E-state index in [1.54, 1.807) is 17.0 Å². The highest BCUT2D eigenvalue weighted by Gasteiger charge is 2.26. The first-order chi connectivity index (χ1) is 7.20. The number of amides is 1. The van der Waals surface area contributed by atoms with Crippen molar-refractivity contribution >= 4 is 5.91 Å². The van der Waals surface area contributed by atoms with Crippen LogP contribution in [0.25, 0.3) is 0 Å². The lowest BCUT2D eigenvalue weighted by Crippen LogP contribution is -2.28. The third kappa shape index (κ3) is 2.39. The third-order valence-corrected chi connectivity index (χ3v) is 2.65. The molecule has 0 atom stereocenters. The van der Waals surface area contributed by atoms with Gasteiger partial charge in [-0.1, -0.05) is 0 Å². The fraction of sp³-hybridized carbons (Fsp3) is 0.545. The predicted molar refractivity (Wildman–Crippen MR) is 56.3 cm³/mol. The van der Waals surface area contributed by atoms with Crippen molar-refractivity contribution < 1.29 is 9.21 Å². The SMILES string of the molecule is CN(CC1CC1)C(=O)c1ccc(CN)o1. The van der Waals surface area contributed by atoms with E-state index in [1.165, 1.54) is 12.8 Å². The highest BCUT2D eigenvalue weighted by atomic mass is 16.4. The molecule has 4 nitrogen and oxygen atoms in total. The lowest BCUT2D eigenvalue weighted by molar-refractivity contribution is 0.0755. The minimum absolute atomic E-state index is 0.0541. The van der Waals surface area contributed by atoms with Gasteiger partial charge in [-0.25, -0.2) is 0 Å². The summed E-state index contributed by atoms with van der Waals surface area (Å²) in [6, 6.07) is 3.44. The van der Waals surface area contributed by atoms with E-state index in [2.05, 4.69) is 0 Å². The molecule has 0 unspecified atom stereocenters. The lowest BCUT2D eigenvalue weighted by Gasteiger charge is -2.14. The summed E-state index contributed by atoms with van der Waals surface area (Å²) in [5.41, 5.74) is 5.41. The van der Waals surface area contributed by atoms with Crippen LogP contribution in [0.2, 0.25) is 0 Å². The van der Waals surface area contributed by atoms with Gasteiger partial charge in [-0.05, 0) is 30.9 Å². The smallest absolute Gasteiger partial charge is 0.289 e. The Hall–Kier alpha value is -1.29. The molecule has 15 heavy (non-hydrogen) atoms. The zero-order valence-corrected chi connectivity index (χ0v) is 8.90. The molecule has 0 spiro atoms. The van der Waals surface area contributed by atoms with E-state index in [9.17, 15) is 4.79 Å². The van der Waals surface area contributed by atoms with E-state index < -0.39 is 0 Å². The zero-order valence-electron chi connectivity index (χ0n) is 8.90. The Morgan fingerprint density at radius 2 is 2.33 bits per heavy atom. The Labute approximate surface area is 89.0 Å². The molecular formula is C11H16N2O2. The molecule has 0 radical (unpaired) electrons. The van der Waals surface area contributed by atoms with Crippen LogP contribution in [0, 0.1) is 5.92 Å². The average Bonchev–Trinajstić information content (AvgIpc) is 2.92. The summed E-state index contributed by atoms with van der Waals surface area (Å²) in [7, 11) is 1.81. The molecule has 0 aliphatic heterocycles. The minimum atomic E-state index is -0.0541. The Balaban J connectivity index is 1.98. The van der Waals surface area contributed by atoms with Crippen molar-refractivity contribution in [1.82, 2.24) is 4.90 Å². The molecule has 1 saturated carbocycles. The maximum Gasteiger partial charge on any atom is 0.289 e. The molecule has 0 aromatic carbocycles. The van der Waals surface area contributed by atoms with Crippen LogP contribution in [0.1, 0.15) is 29.2 Å². The first-order valence-corrected chi connectivity index (χ1v) is 5.25. The molecule has 2 rings (SSSR count). The summed E-state index contributed by atoms with van der Waals surface area (Å²) >= 11 is 0. The third-order valence-electron chi connectivity index (χ3n) is 2.65. The number of hydrogen-bond donors (Lipinski definition) is 1. The number of carbonyl (C=O) groups is 1. The molecule has 1 amide bonds. The standard InChI is InChI=1S/C11H16N2O2/c1-13(7-8-2-3-8)11(14)10-5-4-9(6-12)15-10/h4-5,8H,2-3,6-7,12H2,1H3. The van der Waals surface area contributed by atoms with Crippen LogP contribution in [0.4, 0.5) is 0 Å². The molecule has 0 saturated heterocycles. The van der Waals surface area contributed by atoms with Gasteiger partial charge < -0.3 is 15.1 Å². The van der Waals surface area contributed by atoms with Gasteiger partial charge in [0.25, 0.3) is 5.91 Å². The molecule has 82 valence electrons. The summed E-state index contributed by atoms with van der Waals surface area (Å²) in [6.45, 7) is 1.16. The van der Waals surface area contributed by atoms with Gasteiger partial charge in [0.05, 0.1) is 6.54 Å². The number of nitrogens with two attached hydrogens (primary N) is 1. The Kier molecular flexibility index (Phi) is 2.77. The summed E-state index contributed by atoms with van der Waals surface area (Å²) in [4.78, 5) is 13.5. The number of nitrogens with zero attached hydrogens (tertiary/aromatic N) is 1. The van der Waals surface area contributed by atoms with Crippen LogP contribution in [-0.2, 0) is 6.54 Å². The molecule has 1 aliphatic rings. The predicted octanol–water partition coefficient (Wildman–Crippen LogP) is 1.22. The summed E-state index contributed by atoms with van der Waals surface area (Å²) in [6.07, 6.45) is 2.48. The molecule has 1 aliphatic carbocycles. The fourth-order valence-electron chi connectivity index (χ4n) is 1.56. The van der Waals surface area contributed by atoms with Crippen LogP contribution in [0.3, 0.4) is 0 Å². The highest BCUT2D eigenvalue weighted by molar-refractivity contribution is 5.91. The normalized spacial score (nSPS) is 15.3. The molecule has 1 aromatic rings. The molecule has 0 bridgehead atoms.